The molecule has 2 N–H and O–H groups in total. The first-order valence-electron chi connectivity index (χ1n) is 15.1. The third-order valence-electron chi connectivity index (χ3n) is 7.31. The van der Waals surface area contributed by atoms with Gasteiger partial charge in [0, 0.05) is 12.2 Å². The molecule has 8 atom stereocenters. The van der Waals surface area contributed by atoms with Crippen molar-refractivity contribution >= 4 is 52.2 Å². The molecule has 2 aliphatic rings. The van der Waals surface area contributed by atoms with Crippen molar-refractivity contribution in [3.8, 4) is 0 Å². The smallest absolute Gasteiger partial charge is 0.280 e. The number of phosphoric acid groups is 3. The Hall–Kier alpha value is -2.57. The molecule has 2 aliphatic heterocycles. The van der Waals surface area contributed by atoms with Gasteiger partial charge >= 0.3 is 0 Å². The number of rotatable bonds is 16. The zero-order valence-corrected chi connectivity index (χ0v) is 29.7. The molecule has 270 valence electrons. The molecular weight excluding hydrogens is 739 g/mol. The van der Waals surface area contributed by atoms with E-state index >= 15 is 0 Å². The van der Waals surface area contributed by atoms with Crippen molar-refractivity contribution in [1.82, 2.24) is 19.5 Å². The van der Waals surface area contributed by atoms with Crippen LogP contribution in [-0.2, 0) is 58.6 Å². The molecule has 2 fully saturated rings. The van der Waals surface area contributed by atoms with Gasteiger partial charge in [-0.05, 0) is 17.5 Å². The van der Waals surface area contributed by atoms with E-state index in [-0.39, 0.29) is 5.82 Å². The molecule has 0 amide bonds. The van der Waals surface area contributed by atoms with E-state index in [2.05, 4.69) is 28.1 Å². The number of anilines is 1. The van der Waals surface area contributed by atoms with Crippen LogP contribution in [0.1, 0.15) is 30.7 Å². The molecule has 50 heavy (non-hydrogen) atoms. The topological polar surface area (TPSA) is 255 Å². The minimum absolute atomic E-state index is 0.147. The normalized spacial score (nSPS) is 25.6. The Morgan fingerprint density at radius 2 is 1.50 bits per heavy atom. The van der Waals surface area contributed by atoms with Crippen LogP contribution in [0.2, 0.25) is 0 Å². The van der Waals surface area contributed by atoms with Crippen molar-refractivity contribution in [3.63, 3.8) is 0 Å². The first-order chi connectivity index (χ1) is 23.8. The lowest BCUT2D eigenvalue weighted by atomic mass is 10.1. The van der Waals surface area contributed by atoms with E-state index in [0.29, 0.717) is 28.3 Å². The number of aromatic nitrogens is 4. The van der Waals surface area contributed by atoms with E-state index in [9.17, 15) is 28.4 Å². The van der Waals surface area contributed by atoms with Crippen molar-refractivity contribution in [2.75, 3.05) is 18.1 Å². The van der Waals surface area contributed by atoms with Crippen LogP contribution in [0.15, 0.2) is 72.1 Å². The van der Waals surface area contributed by atoms with E-state index in [0.717, 1.165) is 17.7 Å². The molecule has 0 spiro atoms. The quantitative estimate of drug-likeness (QED) is 0.0976. The molecule has 0 aliphatic carbocycles. The van der Waals surface area contributed by atoms with Gasteiger partial charge in [-0.2, -0.15) is 0 Å². The van der Waals surface area contributed by atoms with Crippen molar-refractivity contribution in [2.24, 2.45) is 0 Å². The molecule has 0 radical (unpaired) electrons. The highest BCUT2D eigenvalue weighted by atomic mass is 32.2. The van der Waals surface area contributed by atoms with Crippen LogP contribution in [-0.4, -0.2) is 56.5 Å². The number of nitrogens with two attached hydrogens (primary N) is 1. The second kappa shape index (κ2) is 15.6. The molecule has 4 aromatic rings. The number of thioether (sulfide) groups is 1. The summed E-state index contributed by atoms with van der Waals surface area (Å²) in [6.45, 7) is 0.615. The average molecular weight is 771 g/mol. The second-order valence-electron chi connectivity index (χ2n) is 11.0. The zero-order chi connectivity index (χ0) is 35.5. The standard InChI is InChI=1S/C28H34N5O13P3S/c1-2-13-50-28-31-25(29)22-26(32-28)33(17-30-22)27-24-23(43-21(44-24)14-18-9-5-3-6-10-18)20(42-27)16-41-48(36,37)46-49(38,39)45-47(34,35)40-15-19-11-7-4-8-12-19/h3-12,17,20-21,23-24,27H,2,13-16H2,1H3,(H,34,35)(H,36,37)(H,38,39)(H2,29,31,32)/p-3/t20-,21?,23?,24+,27-/m1/s1. The molecule has 5 unspecified atom stereocenters. The summed E-state index contributed by atoms with van der Waals surface area (Å²) in [6, 6.07) is 17.2. The molecule has 4 heterocycles. The fraction of sp³-hybridized carbons (Fsp3) is 0.393. The lowest BCUT2D eigenvalue weighted by molar-refractivity contribution is -0.252. The summed E-state index contributed by atoms with van der Waals surface area (Å²) in [6.07, 6.45) is -2.06. The molecule has 2 aromatic heterocycles. The summed E-state index contributed by atoms with van der Waals surface area (Å²) in [7, 11) is -17.4. The minimum Gasteiger partial charge on any atom is -0.756 e. The van der Waals surface area contributed by atoms with E-state index < -0.39 is 67.5 Å². The molecule has 2 aromatic carbocycles. The predicted octanol–water partition coefficient (Wildman–Crippen LogP) is 2.83. The summed E-state index contributed by atoms with van der Waals surface area (Å²) >= 11 is 1.40. The molecule has 22 heteroatoms. The zero-order valence-electron chi connectivity index (χ0n) is 26.2. The molecular formula is C28H31N5O13P3S-3. The summed E-state index contributed by atoms with van der Waals surface area (Å²) < 4.78 is 74.5. The SMILES string of the molecule is CCCSc1nc(N)c2ncn([C@@H]3O[C@H](COP(=O)([O-])OP(=O)([O-])OP(=O)([O-])OCc4ccccc4)C4OC(Cc5ccccc5)O[C@@H]43)c2n1. The number of hydrogen-bond donors (Lipinski definition) is 1. The third kappa shape index (κ3) is 9.26. The monoisotopic (exact) mass is 770 g/mol. The maximum atomic E-state index is 12.6. The van der Waals surface area contributed by atoms with E-state index in [1.807, 2.05) is 37.3 Å². The largest absolute Gasteiger partial charge is 0.756 e. The summed E-state index contributed by atoms with van der Waals surface area (Å²) in [5.74, 6) is 0.890. The fourth-order valence-corrected chi connectivity index (χ4v) is 9.28. The number of imidazole rings is 1. The average Bonchev–Trinajstić information content (AvgIpc) is 3.76. The number of phosphoric ester groups is 2. The van der Waals surface area contributed by atoms with Crippen molar-refractivity contribution in [1.29, 1.82) is 0 Å². The first kappa shape index (κ1) is 37.2. The Morgan fingerprint density at radius 1 is 0.860 bits per heavy atom. The van der Waals surface area contributed by atoms with Crippen LogP contribution in [0.4, 0.5) is 5.82 Å². The Kier molecular flexibility index (Phi) is 11.6. The number of ether oxygens (including phenoxy) is 3. The number of nitrogens with zero attached hydrogens (tertiary/aromatic N) is 4. The minimum atomic E-state index is -6.07. The Balaban J connectivity index is 1.17. The van der Waals surface area contributed by atoms with Crippen LogP contribution in [0.3, 0.4) is 0 Å². The summed E-state index contributed by atoms with van der Waals surface area (Å²) in [5, 5.41) is 0.417. The highest BCUT2D eigenvalue weighted by Gasteiger charge is 2.54. The first-order valence-corrected chi connectivity index (χ1v) is 20.5. The number of hydrogen-bond acceptors (Lipinski definition) is 18. The van der Waals surface area contributed by atoms with E-state index in [1.165, 1.54) is 30.2 Å². The van der Waals surface area contributed by atoms with Gasteiger partial charge in [0.15, 0.2) is 29.1 Å². The molecule has 0 saturated carbocycles. The Labute approximate surface area is 290 Å². The highest BCUT2D eigenvalue weighted by Crippen LogP contribution is 2.63. The lowest BCUT2D eigenvalue weighted by Crippen LogP contribution is -2.32. The maximum absolute atomic E-state index is 12.6. The molecule has 0 bridgehead atoms. The van der Waals surface area contributed by atoms with Gasteiger partial charge in [-0.1, -0.05) is 79.3 Å². The fourth-order valence-electron chi connectivity index (χ4n) is 5.22. The summed E-state index contributed by atoms with van der Waals surface area (Å²) in [5.41, 5.74) is 8.08. The van der Waals surface area contributed by atoms with Crippen molar-refractivity contribution < 1.29 is 60.3 Å². The molecule has 18 nitrogen and oxygen atoms in total. The third-order valence-corrected chi connectivity index (χ3v) is 12.5. The van der Waals surface area contributed by atoms with Crippen LogP contribution in [0.5, 0.6) is 0 Å². The number of benzene rings is 2. The molecule has 2 saturated heterocycles. The van der Waals surface area contributed by atoms with Crippen LogP contribution in [0, 0.1) is 0 Å². The van der Waals surface area contributed by atoms with Crippen LogP contribution < -0.4 is 20.4 Å². The van der Waals surface area contributed by atoms with Gasteiger partial charge in [0.1, 0.15) is 23.8 Å². The van der Waals surface area contributed by atoms with Gasteiger partial charge in [-0.3, -0.25) is 18.3 Å². The maximum Gasteiger partial charge on any atom is 0.280 e. The Morgan fingerprint density at radius 3 is 2.18 bits per heavy atom. The highest BCUT2D eigenvalue weighted by molar-refractivity contribution is 7.99. The van der Waals surface area contributed by atoms with Crippen molar-refractivity contribution in [2.45, 2.75) is 62.4 Å². The van der Waals surface area contributed by atoms with Gasteiger partial charge in [-0.25, -0.2) is 23.6 Å². The van der Waals surface area contributed by atoms with E-state index in [1.54, 1.807) is 22.8 Å². The van der Waals surface area contributed by atoms with Gasteiger partial charge in [0.2, 0.25) is 0 Å². The van der Waals surface area contributed by atoms with Gasteiger partial charge < -0.3 is 43.7 Å². The van der Waals surface area contributed by atoms with Gasteiger partial charge in [0.05, 0.1) is 19.5 Å². The van der Waals surface area contributed by atoms with Crippen LogP contribution in [0.25, 0.3) is 11.2 Å². The van der Waals surface area contributed by atoms with Crippen molar-refractivity contribution in [3.05, 3.63) is 78.1 Å². The van der Waals surface area contributed by atoms with Crippen LogP contribution >= 0.6 is 35.2 Å². The van der Waals surface area contributed by atoms with Gasteiger partial charge in [0.25, 0.3) is 23.5 Å². The Bertz CT molecular complexity index is 1930. The second-order valence-corrected chi connectivity index (χ2v) is 16.6. The number of nitrogen functional groups attached to an aromatic ring is 1. The number of fused-ring (bicyclic) bond motifs is 2. The lowest BCUT2D eigenvalue weighted by Gasteiger charge is -2.34. The van der Waals surface area contributed by atoms with Gasteiger partial charge in [-0.15, -0.1) is 0 Å². The predicted molar refractivity (Wildman–Crippen MR) is 171 cm³/mol. The molecule has 6 rings (SSSR count). The summed E-state index contributed by atoms with van der Waals surface area (Å²) in [4.78, 5) is 50.3. The van der Waals surface area contributed by atoms with E-state index in [4.69, 9.17) is 24.5 Å².